The van der Waals surface area contributed by atoms with Crippen molar-refractivity contribution in [2.45, 2.75) is 65.7 Å². The fraction of sp³-hybridized carbons (Fsp3) is 0.929. The van der Waals surface area contributed by atoms with Crippen LogP contribution in [0.25, 0.3) is 0 Å². The van der Waals surface area contributed by atoms with Gasteiger partial charge >= 0.3 is 0 Å². The van der Waals surface area contributed by atoms with Crippen molar-refractivity contribution in [1.29, 1.82) is 5.26 Å². The number of rotatable bonds is 5. The average molecular weight is 207 g/mol. The maximum atomic E-state index is 9.40. The molecule has 0 aliphatic heterocycles. The van der Waals surface area contributed by atoms with Crippen LogP contribution in [0, 0.1) is 28.6 Å². The highest BCUT2D eigenvalue weighted by atomic mass is 14.5. The van der Waals surface area contributed by atoms with Crippen LogP contribution in [0.2, 0.25) is 0 Å². The topological polar surface area (TPSA) is 23.8 Å². The van der Waals surface area contributed by atoms with Crippen molar-refractivity contribution >= 4 is 0 Å². The summed E-state index contributed by atoms with van der Waals surface area (Å²) < 4.78 is 0. The van der Waals surface area contributed by atoms with Gasteiger partial charge in [-0.2, -0.15) is 5.26 Å². The molecule has 1 fully saturated rings. The summed E-state index contributed by atoms with van der Waals surface area (Å²) in [6.07, 6.45) is 8.51. The van der Waals surface area contributed by atoms with E-state index in [1.165, 1.54) is 25.7 Å². The summed E-state index contributed by atoms with van der Waals surface area (Å²) in [7, 11) is 0. The first-order valence-corrected chi connectivity index (χ1v) is 6.57. The molecule has 0 bridgehead atoms. The quantitative estimate of drug-likeness (QED) is 0.649. The van der Waals surface area contributed by atoms with Gasteiger partial charge in [0.05, 0.1) is 11.5 Å². The minimum atomic E-state index is 0.0370. The van der Waals surface area contributed by atoms with Gasteiger partial charge in [0.15, 0.2) is 0 Å². The van der Waals surface area contributed by atoms with Gasteiger partial charge in [-0.1, -0.05) is 40.0 Å². The molecule has 1 nitrogen and oxygen atoms in total. The molecule has 0 amide bonds. The predicted octanol–water partition coefficient (Wildman–Crippen LogP) is 4.53. The Hall–Kier alpha value is -0.510. The molecule has 3 atom stereocenters. The fourth-order valence-corrected chi connectivity index (χ4v) is 3.18. The molecule has 0 spiro atoms. The molecule has 0 aromatic rings. The van der Waals surface area contributed by atoms with E-state index in [9.17, 15) is 5.26 Å². The molecule has 1 aliphatic rings. The van der Waals surface area contributed by atoms with Gasteiger partial charge in [0.2, 0.25) is 0 Å². The van der Waals surface area contributed by atoms with Gasteiger partial charge in [-0.05, 0) is 37.5 Å². The van der Waals surface area contributed by atoms with Crippen molar-refractivity contribution in [3.05, 3.63) is 0 Å². The van der Waals surface area contributed by atoms with Crippen molar-refractivity contribution < 1.29 is 0 Å². The Bertz CT molecular complexity index is 228. The molecule has 3 unspecified atom stereocenters. The maximum absolute atomic E-state index is 9.40. The minimum absolute atomic E-state index is 0.0370. The van der Waals surface area contributed by atoms with Crippen LogP contribution < -0.4 is 0 Å². The highest BCUT2D eigenvalue weighted by Gasteiger charge is 2.39. The molecule has 1 aliphatic carbocycles. The van der Waals surface area contributed by atoms with Crippen LogP contribution >= 0.6 is 0 Å². The van der Waals surface area contributed by atoms with Gasteiger partial charge in [-0.15, -0.1) is 0 Å². The third-order valence-corrected chi connectivity index (χ3v) is 4.05. The number of nitriles is 1. The van der Waals surface area contributed by atoms with Crippen LogP contribution in [0.1, 0.15) is 65.7 Å². The molecule has 15 heavy (non-hydrogen) atoms. The number of hydrogen-bond donors (Lipinski definition) is 0. The van der Waals surface area contributed by atoms with Gasteiger partial charge in [0.1, 0.15) is 0 Å². The maximum Gasteiger partial charge on any atom is 0.0689 e. The zero-order chi connectivity index (χ0) is 11.3. The van der Waals surface area contributed by atoms with E-state index in [1.807, 2.05) is 0 Å². The van der Waals surface area contributed by atoms with E-state index in [0.717, 1.165) is 31.1 Å². The monoisotopic (exact) mass is 207 g/mol. The Labute approximate surface area is 94.9 Å². The second kappa shape index (κ2) is 5.54. The highest BCUT2D eigenvalue weighted by molar-refractivity contribution is 5.04. The SMILES string of the molecule is CCCC(C)CC1(C#N)CCC(CC)C1. The van der Waals surface area contributed by atoms with E-state index in [1.54, 1.807) is 0 Å². The van der Waals surface area contributed by atoms with Gasteiger partial charge in [-0.3, -0.25) is 0 Å². The molecule has 1 heteroatoms. The number of hydrogen-bond acceptors (Lipinski definition) is 1. The van der Waals surface area contributed by atoms with Crippen LogP contribution in [0.3, 0.4) is 0 Å². The van der Waals surface area contributed by atoms with Gasteiger partial charge in [-0.25, -0.2) is 0 Å². The zero-order valence-corrected chi connectivity index (χ0v) is 10.6. The van der Waals surface area contributed by atoms with Crippen molar-refractivity contribution in [1.82, 2.24) is 0 Å². The first-order valence-electron chi connectivity index (χ1n) is 6.57. The van der Waals surface area contributed by atoms with Crippen molar-refractivity contribution in [3.8, 4) is 6.07 Å². The summed E-state index contributed by atoms with van der Waals surface area (Å²) in [5.74, 6) is 1.55. The molecule has 0 aromatic carbocycles. The van der Waals surface area contributed by atoms with Crippen LogP contribution in [-0.2, 0) is 0 Å². The van der Waals surface area contributed by atoms with E-state index in [2.05, 4.69) is 26.8 Å². The third-order valence-electron chi connectivity index (χ3n) is 4.05. The van der Waals surface area contributed by atoms with E-state index in [4.69, 9.17) is 0 Å². The van der Waals surface area contributed by atoms with Crippen LogP contribution in [0.15, 0.2) is 0 Å². The fourth-order valence-electron chi connectivity index (χ4n) is 3.18. The molecule has 0 radical (unpaired) electrons. The average Bonchev–Trinajstić information content (AvgIpc) is 2.62. The molecular formula is C14H25N. The van der Waals surface area contributed by atoms with Crippen LogP contribution in [0.5, 0.6) is 0 Å². The van der Waals surface area contributed by atoms with Crippen LogP contribution in [-0.4, -0.2) is 0 Å². The van der Waals surface area contributed by atoms with E-state index in [0.29, 0.717) is 0 Å². The lowest BCUT2D eigenvalue weighted by Gasteiger charge is -2.24. The largest absolute Gasteiger partial charge is 0.198 e. The normalized spacial score (nSPS) is 32.5. The van der Waals surface area contributed by atoms with E-state index >= 15 is 0 Å². The standard InChI is InChI=1S/C14H25N/c1-4-6-12(3)9-14(11-15)8-7-13(5-2)10-14/h12-13H,4-10H2,1-3H3. The Morgan fingerprint density at radius 3 is 2.67 bits per heavy atom. The molecule has 1 rings (SSSR count). The zero-order valence-electron chi connectivity index (χ0n) is 10.6. The van der Waals surface area contributed by atoms with Crippen molar-refractivity contribution in [2.24, 2.45) is 17.3 Å². The Morgan fingerprint density at radius 1 is 1.47 bits per heavy atom. The number of nitrogens with zero attached hydrogens (tertiary/aromatic N) is 1. The Kier molecular flexibility index (Phi) is 4.64. The molecule has 0 N–H and O–H groups in total. The summed E-state index contributed by atoms with van der Waals surface area (Å²) in [4.78, 5) is 0. The highest BCUT2D eigenvalue weighted by Crippen LogP contribution is 2.47. The first kappa shape index (κ1) is 12.6. The van der Waals surface area contributed by atoms with E-state index in [-0.39, 0.29) is 5.41 Å². The summed E-state index contributed by atoms with van der Waals surface area (Å²) in [5.41, 5.74) is 0.0370. The van der Waals surface area contributed by atoms with Crippen molar-refractivity contribution in [2.75, 3.05) is 0 Å². The van der Waals surface area contributed by atoms with Gasteiger partial charge in [0, 0.05) is 0 Å². The lowest BCUT2D eigenvalue weighted by Crippen LogP contribution is -2.18. The van der Waals surface area contributed by atoms with Crippen LogP contribution in [0.4, 0.5) is 0 Å². The van der Waals surface area contributed by atoms with Gasteiger partial charge in [0.25, 0.3) is 0 Å². The molecule has 0 saturated heterocycles. The summed E-state index contributed by atoms with van der Waals surface area (Å²) in [6.45, 7) is 6.80. The van der Waals surface area contributed by atoms with Crippen molar-refractivity contribution in [3.63, 3.8) is 0 Å². The smallest absolute Gasteiger partial charge is 0.0689 e. The molecular weight excluding hydrogens is 182 g/mol. The second-order valence-electron chi connectivity index (χ2n) is 5.51. The molecule has 0 aromatic heterocycles. The predicted molar refractivity (Wildman–Crippen MR) is 64.4 cm³/mol. The Balaban J connectivity index is 2.52. The summed E-state index contributed by atoms with van der Waals surface area (Å²) >= 11 is 0. The third kappa shape index (κ3) is 3.23. The second-order valence-corrected chi connectivity index (χ2v) is 5.51. The van der Waals surface area contributed by atoms with E-state index < -0.39 is 0 Å². The summed E-state index contributed by atoms with van der Waals surface area (Å²) in [5, 5.41) is 9.40. The molecule has 0 heterocycles. The first-order chi connectivity index (χ1) is 7.15. The Morgan fingerprint density at radius 2 is 2.20 bits per heavy atom. The summed E-state index contributed by atoms with van der Waals surface area (Å²) in [6, 6.07) is 2.63. The van der Waals surface area contributed by atoms with Gasteiger partial charge < -0.3 is 0 Å². The lowest BCUT2D eigenvalue weighted by atomic mass is 9.77. The minimum Gasteiger partial charge on any atom is -0.198 e. The lowest BCUT2D eigenvalue weighted by molar-refractivity contribution is 0.286. The molecule has 1 saturated carbocycles. The molecule has 86 valence electrons.